The Kier molecular flexibility index (Phi) is 7.52. The van der Waals surface area contributed by atoms with Crippen molar-refractivity contribution in [2.45, 2.75) is 25.0 Å². The molecule has 11 heteroatoms. The number of amidine groups is 1. The number of nitrogens with one attached hydrogen (secondary N) is 3. The Labute approximate surface area is 167 Å². The van der Waals surface area contributed by atoms with Crippen molar-refractivity contribution in [1.82, 2.24) is 10.6 Å². The Morgan fingerprint density at radius 1 is 1.28 bits per heavy atom. The molecule has 1 aliphatic heterocycles. The summed E-state index contributed by atoms with van der Waals surface area (Å²) in [6.07, 6.45) is -0.830. The van der Waals surface area contributed by atoms with Gasteiger partial charge in [0.1, 0.15) is 18.0 Å². The number of benzene rings is 1. The van der Waals surface area contributed by atoms with Gasteiger partial charge in [-0.25, -0.2) is 9.59 Å². The Morgan fingerprint density at radius 2 is 1.97 bits per heavy atom. The third-order valence-corrected chi connectivity index (χ3v) is 4.14. The number of carbonyl (C=O) groups excluding carboxylic acids is 3. The lowest BCUT2D eigenvalue weighted by molar-refractivity contribution is -0.142. The number of ether oxygens (including phenoxy) is 2. The summed E-state index contributed by atoms with van der Waals surface area (Å²) in [5.41, 5.74) is 7.52. The second-order valence-corrected chi connectivity index (χ2v) is 6.18. The molecule has 2 atom stereocenters. The van der Waals surface area contributed by atoms with Crippen LogP contribution < -0.4 is 16.4 Å². The molecule has 1 heterocycles. The predicted octanol–water partition coefficient (Wildman–Crippen LogP) is -0.132. The van der Waals surface area contributed by atoms with E-state index in [0.717, 1.165) is 12.7 Å². The lowest BCUT2D eigenvalue weighted by Crippen LogP contribution is -2.49. The highest BCUT2D eigenvalue weighted by atomic mass is 16.6. The normalized spacial score (nSPS) is 16.1. The second kappa shape index (κ2) is 10.1. The second-order valence-electron chi connectivity index (χ2n) is 6.18. The molecule has 0 saturated heterocycles. The van der Waals surface area contributed by atoms with Crippen LogP contribution in [0.25, 0.3) is 0 Å². The summed E-state index contributed by atoms with van der Waals surface area (Å²) in [7, 11) is 2.33. The van der Waals surface area contributed by atoms with Crippen LogP contribution >= 0.6 is 0 Å². The van der Waals surface area contributed by atoms with Gasteiger partial charge in [-0.05, 0) is 5.56 Å². The first-order valence-electron chi connectivity index (χ1n) is 8.70. The number of esters is 1. The third kappa shape index (κ3) is 6.19. The lowest BCUT2D eigenvalue weighted by atomic mass is 10.0. The minimum absolute atomic E-state index is 0.0185. The van der Waals surface area contributed by atoms with Crippen molar-refractivity contribution in [3.8, 4) is 0 Å². The average molecular weight is 405 g/mol. The molecule has 5 N–H and O–H groups in total. The van der Waals surface area contributed by atoms with E-state index < -0.39 is 24.2 Å². The highest BCUT2D eigenvalue weighted by Crippen LogP contribution is 2.19. The van der Waals surface area contributed by atoms with Gasteiger partial charge in [0.05, 0.1) is 26.4 Å². The summed E-state index contributed by atoms with van der Waals surface area (Å²) in [6, 6.07) is 5.90. The zero-order valence-corrected chi connectivity index (χ0v) is 16.1. The summed E-state index contributed by atoms with van der Waals surface area (Å²) >= 11 is 0. The van der Waals surface area contributed by atoms with Crippen LogP contribution in [-0.2, 0) is 23.9 Å². The van der Waals surface area contributed by atoms with E-state index in [1.54, 1.807) is 24.3 Å². The number of rotatable bonds is 8. The van der Waals surface area contributed by atoms with Crippen molar-refractivity contribution in [2.24, 2.45) is 10.9 Å². The third-order valence-electron chi connectivity index (χ3n) is 4.14. The molecule has 0 radical (unpaired) electrons. The minimum atomic E-state index is -1.08. The zero-order chi connectivity index (χ0) is 21.4. The van der Waals surface area contributed by atoms with Crippen molar-refractivity contribution in [2.75, 3.05) is 20.8 Å². The Hall–Kier alpha value is -3.63. The van der Waals surface area contributed by atoms with Crippen molar-refractivity contribution in [3.05, 3.63) is 35.4 Å². The number of nitrogen functional groups attached to an aromatic ring is 1. The summed E-state index contributed by atoms with van der Waals surface area (Å²) in [6.45, 7) is -0.159. The van der Waals surface area contributed by atoms with Gasteiger partial charge in [-0.3, -0.25) is 10.2 Å². The van der Waals surface area contributed by atoms with E-state index in [1.165, 1.54) is 7.11 Å². The number of hydrogen-bond donors (Lipinski definition) is 4. The van der Waals surface area contributed by atoms with Gasteiger partial charge in [-0.2, -0.15) is 0 Å². The molecule has 2 amide bonds. The molecule has 11 nitrogen and oxygen atoms in total. The van der Waals surface area contributed by atoms with Crippen molar-refractivity contribution in [1.29, 1.82) is 5.41 Å². The van der Waals surface area contributed by atoms with Gasteiger partial charge >= 0.3 is 12.1 Å². The van der Waals surface area contributed by atoms with Crippen molar-refractivity contribution < 1.29 is 28.7 Å². The van der Waals surface area contributed by atoms with Crippen LogP contribution in [0.15, 0.2) is 29.4 Å². The Balaban J connectivity index is 1.83. The fourth-order valence-electron chi connectivity index (χ4n) is 2.58. The lowest BCUT2D eigenvalue weighted by Gasteiger charge is -2.16. The van der Waals surface area contributed by atoms with Crippen LogP contribution in [0.2, 0.25) is 0 Å². The molecule has 0 saturated carbocycles. The Morgan fingerprint density at radius 3 is 2.55 bits per heavy atom. The van der Waals surface area contributed by atoms with E-state index >= 15 is 0 Å². The molecule has 0 bridgehead atoms. The maximum atomic E-state index is 12.2. The first-order valence-corrected chi connectivity index (χ1v) is 8.70. The molecule has 0 fully saturated rings. The maximum absolute atomic E-state index is 12.2. The van der Waals surface area contributed by atoms with Crippen LogP contribution in [0, 0.1) is 5.41 Å². The zero-order valence-electron chi connectivity index (χ0n) is 16.1. The van der Waals surface area contributed by atoms with Crippen LogP contribution in [0.3, 0.4) is 0 Å². The summed E-state index contributed by atoms with van der Waals surface area (Å²) in [5, 5.41) is 16.2. The van der Waals surface area contributed by atoms with E-state index in [0.29, 0.717) is 17.7 Å². The predicted molar refractivity (Wildman–Crippen MR) is 102 cm³/mol. The van der Waals surface area contributed by atoms with Gasteiger partial charge in [-0.15, -0.1) is 0 Å². The fourth-order valence-corrected chi connectivity index (χ4v) is 2.58. The molecule has 156 valence electrons. The number of amides is 2. The summed E-state index contributed by atoms with van der Waals surface area (Å²) in [5.74, 6) is -1.12. The average Bonchev–Trinajstić information content (AvgIpc) is 3.18. The SMILES string of the molecule is COC(=O)N[C@@H](CNC(=O)CC1CC(c2ccc(C(=N)N)cc2)=NO1)C(=O)OC. The summed E-state index contributed by atoms with van der Waals surface area (Å²) < 4.78 is 9.02. The molecule has 1 aromatic carbocycles. The number of oxime groups is 1. The van der Waals surface area contributed by atoms with Crippen LogP contribution in [0.5, 0.6) is 0 Å². The molecule has 1 unspecified atom stereocenters. The van der Waals surface area contributed by atoms with Crippen LogP contribution in [-0.4, -0.2) is 62.4 Å². The van der Waals surface area contributed by atoms with E-state index in [-0.39, 0.29) is 24.7 Å². The smallest absolute Gasteiger partial charge is 0.407 e. The van der Waals surface area contributed by atoms with Crippen LogP contribution in [0.4, 0.5) is 4.79 Å². The largest absolute Gasteiger partial charge is 0.467 e. The number of methoxy groups -OCH3 is 2. The van der Waals surface area contributed by atoms with Gasteiger partial charge in [0.15, 0.2) is 0 Å². The molecular formula is C18H23N5O6. The van der Waals surface area contributed by atoms with Gasteiger partial charge in [0, 0.05) is 18.5 Å². The molecule has 0 spiro atoms. The van der Waals surface area contributed by atoms with Crippen LogP contribution in [0.1, 0.15) is 24.0 Å². The molecule has 0 aliphatic carbocycles. The highest BCUT2D eigenvalue weighted by molar-refractivity contribution is 6.02. The van der Waals surface area contributed by atoms with Gasteiger partial charge in [0.25, 0.3) is 0 Å². The monoisotopic (exact) mass is 405 g/mol. The van der Waals surface area contributed by atoms with E-state index in [9.17, 15) is 14.4 Å². The number of alkyl carbamates (subject to hydrolysis) is 1. The minimum Gasteiger partial charge on any atom is -0.467 e. The molecule has 0 aromatic heterocycles. The van der Waals surface area contributed by atoms with Gasteiger partial charge in [-0.1, -0.05) is 29.4 Å². The quantitative estimate of drug-likeness (QED) is 0.265. The first-order chi connectivity index (χ1) is 13.8. The first kappa shape index (κ1) is 21.7. The van der Waals surface area contributed by atoms with E-state index in [1.807, 2.05) is 0 Å². The molecule has 1 aromatic rings. The summed E-state index contributed by atoms with van der Waals surface area (Å²) in [4.78, 5) is 40.4. The molecule has 2 rings (SSSR count). The standard InChI is InChI=1S/C18H23N5O6/c1-27-17(25)14(22-18(26)28-2)9-21-15(24)8-12-7-13(23-29-12)10-3-5-11(6-4-10)16(19)20/h3-6,12,14H,7-9H2,1-2H3,(H3,19,20)(H,21,24)(H,22,26)/t12?,14-/m0/s1. The number of nitrogens with two attached hydrogens (primary N) is 1. The number of hydrogen-bond acceptors (Lipinski definition) is 8. The topological polar surface area (TPSA) is 165 Å². The van der Waals surface area contributed by atoms with Gasteiger partial charge in [0.2, 0.25) is 5.91 Å². The van der Waals surface area contributed by atoms with Crippen molar-refractivity contribution in [3.63, 3.8) is 0 Å². The highest BCUT2D eigenvalue weighted by Gasteiger charge is 2.27. The number of carbonyl (C=O) groups is 3. The number of nitrogens with zero attached hydrogens (tertiary/aromatic N) is 1. The van der Waals surface area contributed by atoms with Gasteiger partial charge < -0.3 is 30.7 Å². The fraction of sp³-hybridized carbons (Fsp3) is 0.389. The Bertz CT molecular complexity index is 807. The van der Waals surface area contributed by atoms with E-state index in [2.05, 4.69) is 25.3 Å². The molecule has 1 aliphatic rings. The molecular weight excluding hydrogens is 382 g/mol. The maximum Gasteiger partial charge on any atom is 0.407 e. The van der Waals surface area contributed by atoms with Crippen molar-refractivity contribution >= 4 is 29.5 Å². The molecule has 29 heavy (non-hydrogen) atoms. The van der Waals surface area contributed by atoms with E-state index in [4.69, 9.17) is 16.0 Å².